The van der Waals surface area contributed by atoms with Crippen molar-refractivity contribution in [3.63, 3.8) is 0 Å². The molecule has 1 unspecified atom stereocenters. The summed E-state index contributed by atoms with van der Waals surface area (Å²) in [6.45, 7) is 11.7. The number of H-pyrrole nitrogens is 2. The number of nitrogens with zero attached hydrogens (tertiary/aromatic N) is 6. The Balaban J connectivity index is 0.952. The number of likely N-dealkylation sites (N-methyl/N-ethyl adjacent to an activating group) is 2. The predicted octanol–water partition coefficient (Wildman–Crippen LogP) is 7.57. The smallest absolute Gasteiger partial charge is 0.245 e. The highest BCUT2D eigenvalue weighted by atomic mass is 16.3. The summed E-state index contributed by atoms with van der Waals surface area (Å²) in [7, 11) is 0. The summed E-state index contributed by atoms with van der Waals surface area (Å²) in [6.07, 6.45) is 3.17. The molecule has 0 bridgehead atoms. The molecule has 6 aromatic rings. The van der Waals surface area contributed by atoms with Gasteiger partial charge in [0.05, 0.1) is 48.1 Å². The van der Waals surface area contributed by atoms with Gasteiger partial charge >= 0.3 is 0 Å². The Hall–Kier alpha value is -5.92. The number of benzene rings is 4. The lowest BCUT2D eigenvalue weighted by molar-refractivity contribution is -0.139. The third kappa shape index (κ3) is 8.73. The van der Waals surface area contributed by atoms with Crippen LogP contribution in [0.2, 0.25) is 0 Å². The van der Waals surface area contributed by atoms with Crippen LogP contribution in [-0.2, 0) is 9.59 Å². The molecule has 0 saturated carbocycles. The molecule has 4 N–H and O–H groups in total. The highest BCUT2D eigenvalue weighted by Crippen LogP contribution is 2.38. The number of amides is 2. The van der Waals surface area contributed by atoms with Gasteiger partial charge in [-0.1, -0.05) is 137 Å². The van der Waals surface area contributed by atoms with E-state index in [1.807, 2.05) is 60.7 Å². The second-order valence-electron chi connectivity index (χ2n) is 16.4. The van der Waals surface area contributed by atoms with Crippen molar-refractivity contribution in [2.75, 3.05) is 39.3 Å². The number of aliphatic hydroxyl groups is 2. The lowest BCUT2D eigenvalue weighted by Gasteiger charge is -2.34. The molecule has 62 heavy (non-hydrogen) atoms. The molecule has 2 amide bonds. The number of imidazole rings is 2. The number of likely N-dealkylation sites (tertiary alicyclic amines) is 2. The van der Waals surface area contributed by atoms with Gasteiger partial charge in [0.2, 0.25) is 11.8 Å². The van der Waals surface area contributed by atoms with Crippen molar-refractivity contribution in [1.29, 1.82) is 0 Å². The van der Waals surface area contributed by atoms with Crippen LogP contribution in [0, 0.1) is 0 Å². The molecule has 2 saturated heterocycles. The van der Waals surface area contributed by atoms with E-state index in [9.17, 15) is 19.8 Å². The zero-order valence-corrected chi connectivity index (χ0v) is 36.1. The first-order valence-electron chi connectivity index (χ1n) is 22.1. The van der Waals surface area contributed by atoms with E-state index < -0.39 is 24.3 Å². The summed E-state index contributed by atoms with van der Waals surface area (Å²) < 4.78 is 0. The van der Waals surface area contributed by atoms with Crippen LogP contribution in [0.5, 0.6) is 0 Å². The molecular weight excluding hydrogens is 777 g/mol. The van der Waals surface area contributed by atoms with Crippen molar-refractivity contribution in [1.82, 2.24) is 39.5 Å². The molecule has 2 aliphatic rings. The Bertz CT molecular complexity index is 2220. The molecule has 0 radical (unpaired) electrons. The topological polar surface area (TPSA) is 145 Å². The largest absolute Gasteiger partial charge is 0.391 e. The van der Waals surface area contributed by atoms with Gasteiger partial charge in [0, 0.05) is 25.9 Å². The molecule has 4 aromatic carbocycles. The van der Waals surface area contributed by atoms with E-state index in [1.54, 1.807) is 22.2 Å². The van der Waals surface area contributed by atoms with E-state index >= 15 is 0 Å². The first-order chi connectivity index (χ1) is 30.2. The molecular formula is C50H58N8O4. The maximum atomic E-state index is 14.3. The van der Waals surface area contributed by atoms with E-state index in [0.29, 0.717) is 24.5 Å². The van der Waals surface area contributed by atoms with Gasteiger partial charge in [0.25, 0.3) is 0 Å². The molecule has 2 aromatic heterocycles. The Morgan fingerprint density at radius 1 is 0.565 bits per heavy atom. The first kappa shape index (κ1) is 42.8. The maximum Gasteiger partial charge on any atom is 0.245 e. The Kier molecular flexibility index (Phi) is 13.1. The normalized spacial score (nSPS) is 20.0. The number of aliphatic hydroxyl groups excluding tert-OH is 2. The van der Waals surface area contributed by atoms with Gasteiger partial charge in [-0.25, -0.2) is 9.97 Å². The van der Waals surface area contributed by atoms with Crippen molar-refractivity contribution < 1.29 is 19.8 Å². The number of carbonyl (C=O) groups excluding carboxylic acids is 2. The Morgan fingerprint density at radius 2 is 0.903 bits per heavy atom. The standard InChI is InChI=1S/C50H58N8O4/c1-5-55(6-2)45(37-15-11-9-12-16-37)49(61)57-31-39(59)27-43(57)47-51-29-41(53-47)35-23-19-33(20-24-35)34-21-25-36(26-22-34)42-30-52-48(54-42)44-28-40(60)32-58(44)50(62)46(56(7-3)8-4)38-17-13-10-14-18-38/h9-26,29-30,39-40,43-46,59-60H,5-8,27-28,31-32H2,1-4H3,(H,51,53)(H,52,54)/t39-,40-,43-,44-,45+,46?/m0/s1. The third-order valence-corrected chi connectivity index (χ3v) is 12.7. The van der Waals surface area contributed by atoms with E-state index in [2.05, 4.69) is 96.0 Å². The lowest BCUT2D eigenvalue weighted by atomic mass is 10.0. The number of hydrogen-bond acceptors (Lipinski definition) is 8. The minimum absolute atomic E-state index is 0.0295. The van der Waals surface area contributed by atoms with E-state index in [1.165, 1.54) is 0 Å². The van der Waals surface area contributed by atoms with Crippen LogP contribution in [0.1, 0.15) is 87.5 Å². The summed E-state index contributed by atoms with van der Waals surface area (Å²) in [4.78, 5) is 52.9. The molecule has 322 valence electrons. The van der Waals surface area contributed by atoms with Crippen LogP contribution in [0.4, 0.5) is 0 Å². The number of hydrogen-bond donors (Lipinski definition) is 4. The Labute approximate surface area is 364 Å². The summed E-state index contributed by atoms with van der Waals surface area (Å²) in [5.74, 6) is 1.27. The van der Waals surface area contributed by atoms with Gasteiger partial charge in [0.1, 0.15) is 23.7 Å². The van der Waals surface area contributed by atoms with Crippen molar-refractivity contribution in [2.24, 2.45) is 0 Å². The van der Waals surface area contributed by atoms with Crippen LogP contribution >= 0.6 is 0 Å². The van der Waals surface area contributed by atoms with Crippen molar-refractivity contribution in [3.8, 4) is 33.6 Å². The monoisotopic (exact) mass is 834 g/mol. The van der Waals surface area contributed by atoms with Gasteiger partial charge in [-0.05, 0) is 59.6 Å². The van der Waals surface area contributed by atoms with Crippen molar-refractivity contribution in [2.45, 2.75) is 76.9 Å². The van der Waals surface area contributed by atoms with Gasteiger partial charge in [-0.2, -0.15) is 0 Å². The third-order valence-electron chi connectivity index (χ3n) is 12.7. The van der Waals surface area contributed by atoms with E-state index in [-0.39, 0.29) is 37.0 Å². The predicted molar refractivity (Wildman–Crippen MR) is 241 cm³/mol. The molecule has 0 aliphatic carbocycles. The molecule has 2 fully saturated rings. The number of carbonyl (C=O) groups is 2. The fourth-order valence-electron chi connectivity index (χ4n) is 9.40. The minimum Gasteiger partial charge on any atom is -0.391 e. The second kappa shape index (κ2) is 19.0. The van der Waals surface area contributed by atoms with Crippen LogP contribution in [0.25, 0.3) is 33.6 Å². The quantitative estimate of drug-likeness (QED) is 0.0830. The maximum absolute atomic E-state index is 14.3. The van der Waals surface area contributed by atoms with Crippen LogP contribution in [0.3, 0.4) is 0 Å². The number of aromatic amines is 2. The summed E-state index contributed by atoms with van der Waals surface area (Å²) in [6, 6.07) is 34.7. The highest BCUT2D eigenvalue weighted by molar-refractivity contribution is 5.85. The molecule has 12 nitrogen and oxygen atoms in total. The second-order valence-corrected chi connectivity index (χ2v) is 16.4. The van der Waals surface area contributed by atoms with E-state index in [4.69, 9.17) is 9.97 Å². The van der Waals surface area contributed by atoms with Crippen LogP contribution < -0.4 is 0 Å². The number of rotatable bonds is 15. The summed E-state index contributed by atoms with van der Waals surface area (Å²) in [5.41, 5.74) is 7.61. The zero-order chi connectivity index (χ0) is 43.3. The average Bonchev–Trinajstić information content (AvgIpc) is 4.15. The molecule has 4 heterocycles. The first-order valence-corrected chi connectivity index (χ1v) is 22.1. The number of β-amino-alcohol motifs (C(OH)–C–C–N with tert-alkyl or cyclic N) is 2. The average molecular weight is 835 g/mol. The molecule has 12 heteroatoms. The lowest BCUT2D eigenvalue weighted by Crippen LogP contribution is -2.43. The van der Waals surface area contributed by atoms with E-state index in [0.717, 1.165) is 70.9 Å². The molecule has 2 aliphatic heterocycles. The minimum atomic E-state index is -0.634. The summed E-state index contributed by atoms with van der Waals surface area (Å²) >= 11 is 0. The fourth-order valence-corrected chi connectivity index (χ4v) is 9.40. The zero-order valence-electron chi connectivity index (χ0n) is 36.1. The number of aromatic nitrogens is 4. The highest BCUT2D eigenvalue weighted by Gasteiger charge is 2.43. The van der Waals surface area contributed by atoms with Gasteiger partial charge in [0.15, 0.2) is 0 Å². The van der Waals surface area contributed by atoms with Crippen LogP contribution in [0.15, 0.2) is 122 Å². The van der Waals surface area contributed by atoms with Crippen molar-refractivity contribution >= 4 is 11.8 Å². The fraction of sp³-hybridized carbons (Fsp3) is 0.360. The van der Waals surface area contributed by atoms with Gasteiger partial charge in [-0.15, -0.1) is 0 Å². The molecule has 0 spiro atoms. The Morgan fingerprint density at radius 3 is 1.24 bits per heavy atom. The number of nitrogens with one attached hydrogen (secondary N) is 2. The molecule has 6 atom stereocenters. The van der Waals surface area contributed by atoms with Crippen LogP contribution in [-0.4, -0.2) is 113 Å². The van der Waals surface area contributed by atoms with Gasteiger partial charge in [-0.3, -0.25) is 19.4 Å². The van der Waals surface area contributed by atoms with Crippen molar-refractivity contribution in [3.05, 3.63) is 144 Å². The van der Waals surface area contributed by atoms with Gasteiger partial charge < -0.3 is 30.0 Å². The SMILES string of the molecule is CCN(CC)C(C(=O)N1C[C@@H](O)C[C@H]1c1ncc(-c2ccc(-c3ccc(-c4cnc([C@@H]5C[C@H](O)CN5C(=O)[C@@H](c5ccccc5)N(CC)CC)[nH]4)cc3)cc2)[nH]1)c1ccccc1. The summed E-state index contributed by atoms with van der Waals surface area (Å²) in [5, 5.41) is 21.6. The molecule has 8 rings (SSSR count).